The van der Waals surface area contributed by atoms with Gasteiger partial charge in [-0.25, -0.2) is 13.4 Å². The highest BCUT2D eigenvalue weighted by Gasteiger charge is 2.16. The Balaban J connectivity index is 2.35. The second-order valence-corrected chi connectivity index (χ2v) is 6.38. The zero-order valence-electron chi connectivity index (χ0n) is 10.2. The van der Waals surface area contributed by atoms with E-state index in [9.17, 15) is 13.5 Å². The monoisotopic (exact) mass is 343 g/mol. The number of phenolic OH excluding ortho intramolecular Hbond substituents is 1. The number of sulfonamides is 1. The van der Waals surface area contributed by atoms with Crippen molar-refractivity contribution in [3.63, 3.8) is 0 Å². The molecule has 0 saturated carbocycles. The van der Waals surface area contributed by atoms with Crippen LogP contribution in [0.25, 0.3) is 0 Å². The Bertz CT molecular complexity index is 807. The van der Waals surface area contributed by atoms with Gasteiger partial charge >= 0.3 is 0 Å². The van der Waals surface area contributed by atoms with E-state index >= 15 is 0 Å². The smallest absolute Gasteiger partial charge is 0.263 e. The summed E-state index contributed by atoms with van der Waals surface area (Å²) in [7, 11) is -3.91. The summed E-state index contributed by atoms with van der Waals surface area (Å²) in [6, 6.07) is 6.76. The molecule has 2 rings (SSSR count). The van der Waals surface area contributed by atoms with Crippen LogP contribution in [0.3, 0.4) is 0 Å². The summed E-state index contributed by atoms with van der Waals surface area (Å²) in [5.41, 5.74) is 0.192. The molecule has 0 radical (unpaired) electrons. The average molecular weight is 344 g/mol. The zero-order chi connectivity index (χ0) is 15.6. The van der Waals surface area contributed by atoms with Crippen LogP contribution in [0.2, 0.25) is 10.0 Å². The highest BCUT2D eigenvalue weighted by atomic mass is 35.5. The molecular weight excluding hydrogens is 337 g/mol. The van der Waals surface area contributed by atoms with Gasteiger partial charge in [0, 0.05) is 6.20 Å². The number of nitrogens with zero attached hydrogens (tertiary/aromatic N) is 2. The van der Waals surface area contributed by atoms with Gasteiger partial charge in [-0.2, -0.15) is 5.26 Å². The Kier molecular flexibility index (Phi) is 4.23. The number of rotatable bonds is 3. The molecule has 1 aromatic carbocycles. The molecule has 9 heteroatoms. The van der Waals surface area contributed by atoms with Crippen LogP contribution >= 0.6 is 23.2 Å². The molecule has 0 atom stereocenters. The third-order valence-corrected chi connectivity index (χ3v) is 4.37. The van der Waals surface area contributed by atoms with Crippen molar-refractivity contribution in [3.8, 4) is 11.8 Å². The van der Waals surface area contributed by atoms with Crippen LogP contribution in [0, 0.1) is 11.3 Å². The molecular formula is C12H7Cl2N3O3S. The number of hydrogen-bond donors (Lipinski definition) is 2. The molecule has 108 valence electrons. The van der Waals surface area contributed by atoms with E-state index in [1.165, 1.54) is 24.3 Å². The van der Waals surface area contributed by atoms with Gasteiger partial charge in [-0.15, -0.1) is 0 Å². The topological polar surface area (TPSA) is 103 Å². The molecule has 2 aromatic rings. The molecule has 1 heterocycles. The first kappa shape index (κ1) is 15.4. The SMILES string of the molecule is N#Cc1ccc(S(=O)(=O)Nc2cc(Cl)c(O)c(Cl)c2)cn1. The summed E-state index contributed by atoms with van der Waals surface area (Å²) in [6.45, 7) is 0. The van der Waals surface area contributed by atoms with Crippen LogP contribution in [0.1, 0.15) is 5.69 Å². The summed E-state index contributed by atoms with van der Waals surface area (Å²) in [4.78, 5) is 3.56. The second kappa shape index (κ2) is 5.77. The number of phenols is 1. The fourth-order valence-corrected chi connectivity index (χ4v) is 2.92. The van der Waals surface area contributed by atoms with E-state index in [-0.39, 0.29) is 32.1 Å². The summed E-state index contributed by atoms with van der Waals surface area (Å²) in [6.07, 6.45) is 1.06. The van der Waals surface area contributed by atoms with Gasteiger partial charge in [-0.1, -0.05) is 23.2 Å². The minimum Gasteiger partial charge on any atom is -0.505 e. The Morgan fingerprint density at radius 3 is 2.33 bits per heavy atom. The lowest BCUT2D eigenvalue weighted by Crippen LogP contribution is -2.13. The molecule has 0 amide bonds. The van der Waals surface area contributed by atoms with Crippen molar-refractivity contribution < 1.29 is 13.5 Å². The van der Waals surface area contributed by atoms with Crippen molar-refractivity contribution in [1.82, 2.24) is 4.98 Å². The van der Waals surface area contributed by atoms with Crippen molar-refractivity contribution in [2.45, 2.75) is 4.90 Å². The lowest BCUT2D eigenvalue weighted by atomic mass is 10.3. The quantitative estimate of drug-likeness (QED) is 0.834. The molecule has 0 aliphatic carbocycles. The van der Waals surface area contributed by atoms with Gasteiger partial charge in [0.25, 0.3) is 10.0 Å². The maximum Gasteiger partial charge on any atom is 0.263 e. The molecule has 0 aliphatic heterocycles. The molecule has 21 heavy (non-hydrogen) atoms. The predicted molar refractivity (Wildman–Crippen MR) is 77.9 cm³/mol. The number of hydrogen-bond acceptors (Lipinski definition) is 5. The van der Waals surface area contributed by atoms with Crippen LogP contribution in [0.5, 0.6) is 5.75 Å². The van der Waals surface area contributed by atoms with E-state index in [0.29, 0.717) is 0 Å². The fourth-order valence-electron chi connectivity index (χ4n) is 1.44. The largest absolute Gasteiger partial charge is 0.505 e. The molecule has 0 saturated heterocycles. The molecule has 6 nitrogen and oxygen atoms in total. The molecule has 0 unspecified atom stereocenters. The van der Waals surface area contributed by atoms with Crippen LogP contribution in [0.15, 0.2) is 35.4 Å². The van der Waals surface area contributed by atoms with Gasteiger partial charge in [0.15, 0.2) is 5.75 Å². The Labute approximate surface area is 130 Å². The lowest BCUT2D eigenvalue weighted by molar-refractivity contribution is 0.476. The minimum atomic E-state index is -3.91. The molecule has 2 N–H and O–H groups in total. The number of anilines is 1. The normalized spacial score (nSPS) is 10.9. The number of aromatic nitrogens is 1. The Hall–Kier alpha value is -2.01. The Morgan fingerprint density at radius 1 is 1.24 bits per heavy atom. The molecule has 0 spiro atoms. The summed E-state index contributed by atoms with van der Waals surface area (Å²) < 4.78 is 26.5. The second-order valence-electron chi connectivity index (χ2n) is 3.88. The summed E-state index contributed by atoms with van der Waals surface area (Å²) in [5, 5.41) is 17.9. The molecule has 0 aliphatic rings. The van der Waals surface area contributed by atoms with Gasteiger partial charge in [0.1, 0.15) is 16.7 Å². The van der Waals surface area contributed by atoms with Crippen LogP contribution in [-0.4, -0.2) is 18.5 Å². The Morgan fingerprint density at radius 2 is 1.86 bits per heavy atom. The molecule has 0 fully saturated rings. The first-order valence-electron chi connectivity index (χ1n) is 5.40. The maximum absolute atomic E-state index is 12.1. The van der Waals surface area contributed by atoms with Crippen molar-refractivity contribution >= 4 is 38.9 Å². The van der Waals surface area contributed by atoms with Gasteiger partial charge < -0.3 is 5.11 Å². The highest BCUT2D eigenvalue weighted by molar-refractivity contribution is 7.92. The third kappa shape index (κ3) is 3.36. The minimum absolute atomic E-state index is 0.0850. The number of benzene rings is 1. The number of pyridine rings is 1. The highest BCUT2D eigenvalue weighted by Crippen LogP contribution is 2.35. The van der Waals surface area contributed by atoms with Crippen molar-refractivity contribution in [1.29, 1.82) is 5.26 Å². The van der Waals surface area contributed by atoms with E-state index in [0.717, 1.165) is 6.20 Å². The van der Waals surface area contributed by atoms with E-state index in [1.807, 2.05) is 0 Å². The van der Waals surface area contributed by atoms with Crippen LogP contribution < -0.4 is 4.72 Å². The first-order chi connectivity index (χ1) is 9.83. The van der Waals surface area contributed by atoms with Gasteiger partial charge in [-0.05, 0) is 24.3 Å². The number of aromatic hydroxyl groups is 1. The number of nitrogens with one attached hydrogen (secondary N) is 1. The molecule has 0 bridgehead atoms. The first-order valence-corrected chi connectivity index (χ1v) is 7.64. The van der Waals surface area contributed by atoms with E-state index in [2.05, 4.69) is 9.71 Å². The van der Waals surface area contributed by atoms with Crippen molar-refractivity contribution in [3.05, 3.63) is 46.2 Å². The van der Waals surface area contributed by atoms with E-state index < -0.39 is 10.0 Å². The lowest BCUT2D eigenvalue weighted by Gasteiger charge is -2.09. The van der Waals surface area contributed by atoms with Crippen LogP contribution in [0.4, 0.5) is 5.69 Å². The number of nitriles is 1. The maximum atomic E-state index is 12.1. The predicted octanol–water partition coefficient (Wildman–Crippen LogP) is 2.77. The van der Waals surface area contributed by atoms with Crippen molar-refractivity contribution in [2.24, 2.45) is 0 Å². The standard InChI is InChI=1S/C12H7Cl2N3O3S/c13-10-3-8(4-11(14)12(10)18)17-21(19,20)9-2-1-7(5-15)16-6-9/h1-4,6,17-18H. The van der Waals surface area contributed by atoms with Crippen LogP contribution in [-0.2, 0) is 10.0 Å². The summed E-state index contributed by atoms with van der Waals surface area (Å²) >= 11 is 11.4. The van der Waals surface area contributed by atoms with Gasteiger partial charge in [0.05, 0.1) is 15.7 Å². The van der Waals surface area contributed by atoms with Gasteiger partial charge in [0.2, 0.25) is 0 Å². The van der Waals surface area contributed by atoms with E-state index in [1.54, 1.807) is 6.07 Å². The van der Waals surface area contributed by atoms with E-state index in [4.69, 9.17) is 28.5 Å². The van der Waals surface area contributed by atoms with Crippen molar-refractivity contribution in [2.75, 3.05) is 4.72 Å². The zero-order valence-corrected chi connectivity index (χ0v) is 12.5. The molecule has 1 aromatic heterocycles. The fraction of sp³-hybridized carbons (Fsp3) is 0. The van der Waals surface area contributed by atoms with Gasteiger partial charge in [-0.3, -0.25) is 4.72 Å². The number of halogens is 2. The summed E-state index contributed by atoms with van der Waals surface area (Å²) in [5.74, 6) is -0.332. The average Bonchev–Trinajstić information content (AvgIpc) is 2.44. The third-order valence-electron chi connectivity index (χ3n) is 2.43.